The lowest BCUT2D eigenvalue weighted by molar-refractivity contribution is -0.117. The van der Waals surface area contributed by atoms with Gasteiger partial charge in [-0.05, 0) is 38.0 Å². The zero-order valence-electron chi connectivity index (χ0n) is 17.6. The van der Waals surface area contributed by atoms with Gasteiger partial charge in [0.2, 0.25) is 5.91 Å². The van der Waals surface area contributed by atoms with Gasteiger partial charge in [0.1, 0.15) is 11.6 Å². The van der Waals surface area contributed by atoms with Gasteiger partial charge in [0.05, 0.1) is 6.54 Å². The van der Waals surface area contributed by atoms with E-state index >= 15 is 0 Å². The van der Waals surface area contributed by atoms with Crippen LogP contribution >= 0.6 is 0 Å². The minimum Gasteiger partial charge on any atom is -0.354 e. The Labute approximate surface area is 168 Å². The molecule has 3 rings (SSSR count). The number of amides is 1. The fourth-order valence-corrected chi connectivity index (χ4v) is 3.39. The van der Waals surface area contributed by atoms with Crippen molar-refractivity contribution in [1.82, 2.24) is 14.9 Å². The summed E-state index contributed by atoms with van der Waals surface area (Å²) in [7, 11) is 0. The van der Waals surface area contributed by atoms with Gasteiger partial charge in [0, 0.05) is 49.5 Å². The lowest BCUT2D eigenvalue weighted by Crippen LogP contribution is -2.49. The number of anilines is 2. The molecule has 1 aliphatic rings. The molecule has 6 nitrogen and oxygen atoms in total. The van der Waals surface area contributed by atoms with Crippen LogP contribution in [0.15, 0.2) is 24.3 Å². The fraction of sp³-hybridized carbons (Fsp3) is 0.500. The van der Waals surface area contributed by atoms with Crippen LogP contribution in [-0.4, -0.2) is 53.5 Å². The highest BCUT2D eigenvalue weighted by atomic mass is 16.2. The first-order valence-corrected chi connectivity index (χ1v) is 10.0. The Morgan fingerprint density at radius 2 is 1.79 bits per heavy atom. The van der Waals surface area contributed by atoms with Crippen molar-refractivity contribution in [2.24, 2.45) is 0 Å². The number of aryl methyl sites for hydroxylation is 3. The third-order valence-electron chi connectivity index (χ3n) is 5.11. The van der Waals surface area contributed by atoms with Crippen LogP contribution in [-0.2, 0) is 4.79 Å². The smallest absolute Gasteiger partial charge is 0.238 e. The maximum absolute atomic E-state index is 12.5. The minimum absolute atomic E-state index is 0.0436. The highest BCUT2D eigenvalue weighted by Crippen LogP contribution is 2.19. The van der Waals surface area contributed by atoms with E-state index in [0.717, 1.165) is 60.3 Å². The number of hydrogen-bond acceptors (Lipinski definition) is 5. The standard InChI is InChI=1S/C22H31N5O/c1-15(2)22-23-18(5)13-20(25-22)27-10-8-26(9-11-27)14-21(28)24-19-12-16(3)6-7-17(19)4/h6-7,12-13,15H,8-11,14H2,1-5H3,(H,24,28). The molecule has 150 valence electrons. The van der Waals surface area contributed by atoms with Crippen LogP contribution in [0, 0.1) is 20.8 Å². The molecule has 1 N–H and O–H groups in total. The highest BCUT2D eigenvalue weighted by Gasteiger charge is 2.21. The van der Waals surface area contributed by atoms with Gasteiger partial charge >= 0.3 is 0 Å². The van der Waals surface area contributed by atoms with Gasteiger partial charge < -0.3 is 10.2 Å². The third kappa shape index (κ3) is 5.07. The van der Waals surface area contributed by atoms with Gasteiger partial charge in [-0.2, -0.15) is 0 Å². The third-order valence-corrected chi connectivity index (χ3v) is 5.11. The van der Waals surface area contributed by atoms with Gasteiger partial charge in [-0.15, -0.1) is 0 Å². The summed E-state index contributed by atoms with van der Waals surface area (Å²) in [5.74, 6) is 2.25. The molecule has 0 bridgehead atoms. The molecule has 28 heavy (non-hydrogen) atoms. The second-order valence-electron chi connectivity index (χ2n) is 8.01. The van der Waals surface area contributed by atoms with Gasteiger partial charge in [-0.1, -0.05) is 26.0 Å². The van der Waals surface area contributed by atoms with Crippen molar-refractivity contribution in [1.29, 1.82) is 0 Å². The summed E-state index contributed by atoms with van der Waals surface area (Å²) >= 11 is 0. The SMILES string of the molecule is Cc1ccc(C)c(NC(=O)CN2CCN(c3cc(C)nc(C(C)C)n3)CC2)c1. The molecule has 0 spiro atoms. The molecule has 6 heteroatoms. The van der Waals surface area contributed by atoms with Crippen molar-refractivity contribution < 1.29 is 4.79 Å². The van der Waals surface area contributed by atoms with Crippen LogP contribution < -0.4 is 10.2 Å². The number of nitrogens with one attached hydrogen (secondary N) is 1. The van der Waals surface area contributed by atoms with E-state index in [-0.39, 0.29) is 5.91 Å². The topological polar surface area (TPSA) is 61.4 Å². The average molecular weight is 382 g/mol. The average Bonchev–Trinajstić information content (AvgIpc) is 2.64. The Morgan fingerprint density at radius 1 is 1.07 bits per heavy atom. The Morgan fingerprint density at radius 3 is 2.46 bits per heavy atom. The van der Waals surface area contributed by atoms with Crippen LogP contribution in [0.4, 0.5) is 11.5 Å². The van der Waals surface area contributed by atoms with E-state index < -0.39 is 0 Å². The summed E-state index contributed by atoms with van der Waals surface area (Å²) in [5.41, 5.74) is 4.14. The first-order chi connectivity index (χ1) is 13.3. The van der Waals surface area contributed by atoms with E-state index in [1.165, 1.54) is 0 Å². The summed E-state index contributed by atoms with van der Waals surface area (Å²) in [6.45, 7) is 14.1. The molecule has 0 unspecified atom stereocenters. The molecule has 1 saturated heterocycles. The Hall–Kier alpha value is -2.47. The van der Waals surface area contributed by atoms with Crippen LogP contribution in [0.5, 0.6) is 0 Å². The molecule has 2 aromatic rings. The molecule has 0 saturated carbocycles. The number of rotatable bonds is 5. The minimum atomic E-state index is 0.0436. The molecule has 1 amide bonds. The maximum Gasteiger partial charge on any atom is 0.238 e. The quantitative estimate of drug-likeness (QED) is 0.861. The summed E-state index contributed by atoms with van der Waals surface area (Å²) in [6, 6.07) is 8.17. The van der Waals surface area contributed by atoms with Crippen LogP contribution in [0.3, 0.4) is 0 Å². The second-order valence-corrected chi connectivity index (χ2v) is 8.01. The molecule has 1 aliphatic heterocycles. The van der Waals surface area contributed by atoms with Crippen LogP contribution in [0.25, 0.3) is 0 Å². The Kier molecular flexibility index (Phi) is 6.29. The molecule has 1 aromatic heterocycles. The molecule has 0 radical (unpaired) electrons. The molecule has 0 atom stereocenters. The Balaban J connectivity index is 1.55. The predicted molar refractivity (Wildman–Crippen MR) is 114 cm³/mol. The van der Waals surface area contributed by atoms with Crippen molar-refractivity contribution in [3.05, 3.63) is 46.9 Å². The van der Waals surface area contributed by atoms with Crippen molar-refractivity contribution in [2.75, 3.05) is 42.9 Å². The lowest BCUT2D eigenvalue weighted by atomic mass is 10.1. The number of carbonyl (C=O) groups is 1. The van der Waals surface area contributed by atoms with Gasteiger partial charge in [0.25, 0.3) is 0 Å². The number of piperazine rings is 1. The molecule has 0 aliphatic carbocycles. The normalized spacial score (nSPS) is 15.1. The molecule has 1 aromatic carbocycles. The van der Waals surface area contributed by atoms with Crippen molar-refractivity contribution in [3.8, 4) is 0 Å². The monoisotopic (exact) mass is 381 g/mol. The highest BCUT2D eigenvalue weighted by molar-refractivity contribution is 5.93. The zero-order valence-corrected chi connectivity index (χ0v) is 17.6. The zero-order chi connectivity index (χ0) is 20.3. The van der Waals surface area contributed by atoms with E-state index in [1.807, 2.05) is 32.9 Å². The molecular weight excluding hydrogens is 350 g/mol. The fourth-order valence-electron chi connectivity index (χ4n) is 3.39. The van der Waals surface area contributed by atoms with E-state index in [0.29, 0.717) is 12.5 Å². The second kappa shape index (κ2) is 8.69. The number of aromatic nitrogens is 2. The van der Waals surface area contributed by atoms with Gasteiger partial charge in [-0.3, -0.25) is 9.69 Å². The summed E-state index contributed by atoms with van der Waals surface area (Å²) in [6.07, 6.45) is 0. The molecule has 2 heterocycles. The van der Waals surface area contributed by atoms with E-state index in [1.54, 1.807) is 0 Å². The molecular formula is C22H31N5O. The Bertz CT molecular complexity index is 841. The summed E-state index contributed by atoms with van der Waals surface area (Å²) in [4.78, 5) is 26.2. The van der Waals surface area contributed by atoms with Crippen molar-refractivity contribution in [3.63, 3.8) is 0 Å². The van der Waals surface area contributed by atoms with Crippen molar-refractivity contribution in [2.45, 2.75) is 40.5 Å². The van der Waals surface area contributed by atoms with E-state index in [9.17, 15) is 4.79 Å². The first-order valence-electron chi connectivity index (χ1n) is 10.0. The van der Waals surface area contributed by atoms with E-state index in [4.69, 9.17) is 4.98 Å². The van der Waals surface area contributed by atoms with Crippen LogP contribution in [0.1, 0.15) is 42.4 Å². The number of hydrogen-bond donors (Lipinski definition) is 1. The number of nitrogens with zero attached hydrogens (tertiary/aromatic N) is 4. The lowest BCUT2D eigenvalue weighted by Gasteiger charge is -2.35. The predicted octanol–water partition coefficient (Wildman–Crippen LogP) is 3.29. The van der Waals surface area contributed by atoms with Gasteiger partial charge in [-0.25, -0.2) is 9.97 Å². The summed E-state index contributed by atoms with van der Waals surface area (Å²) in [5, 5.41) is 3.05. The maximum atomic E-state index is 12.5. The van der Waals surface area contributed by atoms with Crippen LogP contribution in [0.2, 0.25) is 0 Å². The number of benzene rings is 1. The van der Waals surface area contributed by atoms with Crippen molar-refractivity contribution >= 4 is 17.4 Å². The summed E-state index contributed by atoms with van der Waals surface area (Å²) < 4.78 is 0. The van der Waals surface area contributed by atoms with Gasteiger partial charge in [0.15, 0.2) is 0 Å². The molecule has 1 fully saturated rings. The number of carbonyl (C=O) groups excluding carboxylic acids is 1. The first kappa shape index (κ1) is 20.3. The van der Waals surface area contributed by atoms with E-state index in [2.05, 4.69) is 46.1 Å². The largest absolute Gasteiger partial charge is 0.354 e.